The zero-order valence-corrected chi connectivity index (χ0v) is 10.6. The predicted octanol–water partition coefficient (Wildman–Crippen LogP) is 4.01. The summed E-state index contributed by atoms with van der Waals surface area (Å²) in [6.07, 6.45) is 5.62. The first-order chi connectivity index (χ1) is 7.75. The molecule has 1 saturated carbocycles. The van der Waals surface area contributed by atoms with Crippen LogP contribution in [0.3, 0.4) is 0 Å². The van der Waals surface area contributed by atoms with Crippen molar-refractivity contribution in [3.63, 3.8) is 0 Å². The third-order valence-electron chi connectivity index (χ3n) is 3.65. The van der Waals surface area contributed by atoms with E-state index in [0.29, 0.717) is 6.04 Å². The highest BCUT2D eigenvalue weighted by Crippen LogP contribution is 2.27. The van der Waals surface area contributed by atoms with Gasteiger partial charge < -0.3 is 5.32 Å². The van der Waals surface area contributed by atoms with E-state index in [1.807, 2.05) is 12.1 Å². The van der Waals surface area contributed by atoms with Gasteiger partial charge in [0.05, 0.1) is 0 Å². The third-order valence-corrected chi connectivity index (χ3v) is 3.90. The lowest BCUT2D eigenvalue weighted by atomic mass is 9.99. The van der Waals surface area contributed by atoms with E-state index in [1.54, 1.807) is 0 Å². The number of hydrogen-bond acceptors (Lipinski definition) is 1. The highest BCUT2D eigenvalue weighted by molar-refractivity contribution is 6.30. The molecular formula is C14H20ClN. The van der Waals surface area contributed by atoms with E-state index in [2.05, 4.69) is 24.4 Å². The molecule has 0 aliphatic heterocycles. The van der Waals surface area contributed by atoms with Crippen molar-refractivity contribution < 1.29 is 0 Å². The maximum Gasteiger partial charge on any atom is 0.0406 e. The van der Waals surface area contributed by atoms with E-state index in [0.717, 1.165) is 17.5 Å². The van der Waals surface area contributed by atoms with Gasteiger partial charge in [-0.3, -0.25) is 0 Å². The molecule has 1 nitrogen and oxygen atoms in total. The first-order valence-electron chi connectivity index (χ1n) is 6.23. The molecule has 0 spiro atoms. The van der Waals surface area contributed by atoms with Gasteiger partial charge in [-0.2, -0.15) is 0 Å². The summed E-state index contributed by atoms with van der Waals surface area (Å²) in [5, 5.41) is 4.43. The summed E-state index contributed by atoms with van der Waals surface area (Å²) in [6, 6.07) is 8.74. The first-order valence-corrected chi connectivity index (χ1v) is 6.61. The largest absolute Gasteiger partial charge is 0.310 e. The Labute approximate surface area is 103 Å². The van der Waals surface area contributed by atoms with Crippen LogP contribution in [-0.2, 0) is 6.54 Å². The molecule has 1 unspecified atom stereocenters. The van der Waals surface area contributed by atoms with Crippen molar-refractivity contribution in [1.82, 2.24) is 5.32 Å². The average Bonchev–Trinajstić information content (AvgIpc) is 2.81. The summed E-state index contributed by atoms with van der Waals surface area (Å²) in [5.41, 5.74) is 1.31. The molecule has 16 heavy (non-hydrogen) atoms. The van der Waals surface area contributed by atoms with Crippen LogP contribution in [0.4, 0.5) is 0 Å². The lowest BCUT2D eigenvalue weighted by Crippen LogP contribution is -2.31. The van der Waals surface area contributed by atoms with Gasteiger partial charge in [-0.15, -0.1) is 0 Å². The fourth-order valence-electron chi connectivity index (χ4n) is 2.51. The van der Waals surface area contributed by atoms with E-state index in [9.17, 15) is 0 Å². The third kappa shape index (κ3) is 3.23. The minimum Gasteiger partial charge on any atom is -0.310 e. The van der Waals surface area contributed by atoms with Crippen molar-refractivity contribution in [2.24, 2.45) is 5.92 Å². The second kappa shape index (κ2) is 5.70. The van der Waals surface area contributed by atoms with Crippen LogP contribution in [0.15, 0.2) is 24.3 Å². The minimum atomic E-state index is 0.637. The molecule has 1 aliphatic rings. The van der Waals surface area contributed by atoms with Gasteiger partial charge in [-0.1, -0.05) is 36.6 Å². The first kappa shape index (κ1) is 11.9. The molecule has 1 N–H and O–H groups in total. The van der Waals surface area contributed by atoms with E-state index >= 15 is 0 Å². The number of benzene rings is 1. The summed E-state index contributed by atoms with van der Waals surface area (Å²) in [7, 11) is 0. The summed E-state index contributed by atoms with van der Waals surface area (Å²) >= 11 is 5.86. The Kier molecular flexibility index (Phi) is 4.25. The van der Waals surface area contributed by atoms with E-state index in [-0.39, 0.29) is 0 Å². The zero-order chi connectivity index (χ0) is 11.4. The molecule has 2 heteroatoms. The van der Waals surface area contributed by atoms with Crippen LogP contribution in [0, 0.1) is 5.92 Å². The fraction of sp³-hybridized carbons (Fsp3) is 0.571. The van der Waals surface area contributed by atoms with Crippen LogP contribution < -0.4 is 5.32 Å². The van der Waals surface area contributed by atoms with Crippen LogP contribution in [0.1, 0.15) is 38.2 Å². The minimum absolute atomic E-state index is 0.637. The fourth-order valence-corrected chi connectivity index (χ4v) is 2.63. The lowest BCUT2D eigenvalue weighted by molar-refractivity contribution is 0.380. The molecule has 1 aliphatic carbocycles. The molecule has 0 radical (unpaired) electrons. The average molecular weight is 238 g/mol. The highest BCUT2D eigenvalue weighted by atomic mass is 35.5. The Bertz CT molecular complexity index is 314. The van der Waals surface area contributed by atoms with Crippen molar-refractivity contribution in [1.29, 1.82) is 0 Å². The van der Waals surface area contributed by atoms with E-state index in [1.165, 1.54) is 31.2 Å². The molecule has 0 bridgehead atoms. The van der Waals surface area contributed by atoms with Gasteiger partial charge in [0.1, 0.15) is 0 Å². The Balaban J connectivity index is 1.80. The molecule has 2 rings (SSSR count). The molecule has 0 heterocycles. The van der Waals surface area contributed by atoms with Gasteiger partial charge in [0.25, 0.3) is 0 Å². The molecule has 1 fully saturated rings. The topological polar surface area (TPSA) is 12.0 Å². The lowest BCUT2D eigenvalue weighted by Gasteiger charge is -2.20. The predicted molar refractivity (Wildman–Crippen MR) is 69.7 cm³/mol. The molecule has 0 aromatic heterocycles. The summed E-state index contributed by atoms with van der Waals surface area (Å²) in [6.45, 7) is 3.26. The maximum atomic E-state index is 5.86. The van der Waals surface area contributed by atoms with Crippen LogP contribution in [-0.4, -0.2) is 6.04 Å². The SMILES string of the molecule is CC(NCc1ccc(Cl)cc1)C1CCCC1. The molecule has 1 atom stereocenters. The second-order valence-electron chi connectivity index (χ2n) is 4.84. The zero-order valence-electron chi connectivity index (χ0n) is 9.88. The number of halogens is 1. The molecule has 0 amide bonds. The van der Waals surface area contributed by atoms with Crippen molar-refractivity contribution >= 4 is 11.6 Å². The number of hydrogen-bond donors (Lipinski definition) is 1. The number of rotatable bonds is 4. The second-order valence-corrected chi connectivity index (χ2v) is 5.28. The number of nitrogens with one attached hydrogen (secondary N) is 1. The van der Waals surface area contributed by atoms with E-state index in [4.69, 9.17) is 11.6 Å². The van der Waals surface area contributed by atoms with Gasteiger partial charge >= 0.3 is 0 Å². The van der Waals surface area contributed by atoms with Crippen LogP contribution in [0.2, 0.25) is 5.02 Å². The van der Waals surface area contributed by atoms with Gasteiger partial charge in [0.15, 0.2) is 0 Å². The summed E-state index contributed by atoms with van der Waals surface area (Å²) < 4.78 is 0. The van der Waals surface area contributed by atoms with Crippen molar-refractivity contribution in [2.45, 2.75) is 45.2 Å². The maximum absolute atomic E-state index is 5.86. The summed E-state index contributed by atoms with van der Waals surface area (Å²) in [5.74, 6) is 0.882. The van der Waals surface area contributed by atoms with Crippen molar-refractivity contribution in [3.05, 3.63) is 34.9 Å². The Morgan fingerprint density at radius 2 is 1.88 bits per heavy atom. The van der Waals surface area contributed by atoms with Crippen LogP contribution >= 0.6 is 11.6 Å². The molecule has 88 valence electrons. The normalized spacial score (nSPS) is 18.9. The van der Waals surface area contributed by atoms with Gasteiger partial charge in [0.2, 0.25) is 0 Å². The monoisotopic (exact) mass is 237 g/mol. The highest BCUT2D eigenvalue weighted by Gasteiger charge is 2.20. The van der Waals surface area contributed by atoms with Crippen LogP contribution in [0.25, 0.3) is 0 Å². The standard InChI is InChI=1S/C14H20ClN/c1-11(13-4-2-3-5-13)16-10-12-6-8-14(15)9-7-12/h6-9,11,13,16H,2-5,10H2,1H3. The molecular weight excluding hydrogens is 218 g/mol. The van der Waals surface area contributed by atoms with Crippen molar-refractivity contribution in [2.75, 3.05) is 0 Å². The smallest absolute Gasteiger partial charge is 0.0406 e. The Morgan fingerprint density at radius 1 is 1.25 bits per heavy atom. The summed E-state index contributed by atoms with van der Waals surface area (Å²) in [4.78, 5) is 0. The Morgan fingerprint density at radius 3 is 2.50 bits per heavy atom. The Hall–Kier alpha value is -0.530. The molecule has 1 aromatic carbocycles. The van der Waals surface area contributed by atoms with Gasteiger partial charge in [-0.05, 0) is 43.4 Å². The quantitative estimate of drug-likeness (QED) is 0.835. The van der Waals surface area contributed by atoms with Crippen molar-refractivity contribution in [3.8, 4) is 0 Å². The van der Waals surface area contributed by atoms with Crippen LogP contribution in [0.5, 0.6) is 0 Å². The van der Waals surface area contributed by atoms with E-state index < -0.39 is 0 Å². The molecule has 0 saturated heterocycles. The van der Waals surface area contributed by atoms with Gasteiger partial charge in [-0.25, -0.2) is 0 Å². The molecule has 1 aromatic rings. The van der Waals surface area contributed by atoms with Gasteiger partial charge in [0, 0.05) is 17.6 Å².